The Kier molecular flexibility index (Phi) is 6.54. The molecule has 1 saturated heterocycles. The lowest BCUT2D eigenvalue weighted by Crippen LogP contribution is -2.45. The van der Waals surface area contributed by atoms with Gasteiger partial charge in [-0.15, -0.1) is 0 Å². The summed E-state index contributed by atoms with van der Waals surface area (Å²) in [5, 5.41) is 7.41. The van der Waals surface area contributed by atoms with Crippen molar-refractivity contribution in [3.8, 4) is 5.75 Å². The standard InChI is InChI=1S/C21H25ClFN5O2/c1-24-21(27-17-5-8-28(11-17)20-18(22)3-2-6-25-20)26-7-4-14-9-16(23)10-15-12-29-13-30-19(14)15/h2-3,6,9-10,17H,4-5,7-8,11-13H2,1H3,(H2,24,26,27). The van der Waals surface area contributed by atoms with E-state index < -0.39 is 0 Å². The Hall–Kier alpha value is -2.58. The molecule has 4 rings (SSSR count). The number of aliphatic imine (C=N–C) groups is 1. The topological polar surface area (TPSA) is 71.0 Å². The Morgan fingerprint density at radius 3 is 3.17 bits per heavy atom. The van der Waals surface area contributed by atoms with Gasteiger partial charge in [-0.1, -0.05) is 11.6 Å². The minimum Gasteiger partial charge on any atom is -0.467 e. The van der Waals surface area contributed by atoms with E-state index in [9.17, 15) is 4.39 Å². The van der Waals surface area contributed by atoms with E-state index in [0.717, 1.165) is 42.2 Å². The number of hydrogen-bond donors (Lipinski definition) is 2. The van der Waals surface area contributed by atoms with Gasteiger partial charge in [0.25, 0.3) is 0 Å². The number of pyridine rings is 1. The maximum absolute atomic E-state index is 13.9. The molecular weight excluding hydrogens is 409 g/mol. The summed E-state index contributed by atoms with van der Waals surface area (Å²) in [7, 11) is 1.74. The van der Waals surface area contributed by atoms with Gasteiger partial charge in [0.1, 0.15) is 17.4 Å². The van der Waals surface area contributed by atoms with Crippen LogP contribution in [0.1, 0.15) is 17.5 Å². The first kappa shape index (κ1) is 20.7. The van der Waals surface area contributed by atoms with E-state index in [1.54, 1.807) is 13.2 Å². The van der Waals surface area contributed by atoms with Crippen LogP contribution < -0.4 is 20.3 Å². The number of rotatable bonds is 5. The first-order chi connectivity index (χ1) is 14.6. The summed E-state index contributed by atoms with van der Waals surface area (Å²) < 4.78 is 24.7. The first-order valence-electron chi connectivity index (χ1n) is 9.98. The highest BCUT2D eigenvalue weighted by Crippen LogP contribution is 2.29. The predicted molar refractivity (Wildman–Crippen MR) is 115 cm³/mol. The fourth-order valence-electron chi connectivity index (χ4n) is 3.83. The molecule has 1 aromatic heterocycles. The summed E-state index contributed by atoms with van der Waals surface area (Å²) in [4.78, 5) is 10.9. The molecule has 2 aliphatic rings. The van der Waals surface area contributed by atoms with Crippen molar-refractivity contribution < 1.29 is 13.9 Å². The maximum atomic E-state index is 13.9. The zero-order valence-corrected chi connectivity index (χ0v) is 17.6. The second kappa shape index (κ2) is 9.49. The molecule has 3 heterocycles. The van der Waals surface area contributed by atoms with Crippen LogP contribution in [-0.2, 0) is 17.8 Å². The number of guanidine groups is 1. The first-order valence-corrected chi connectivity index (χ1v) is 10.4. The number of halogens is 2. The van der Waals surface area contributed by atoms with E-state index >= 15 is 0 Å². The average Bonchev–Trinajstić information content (AvgIpc) is 3.21. The number of ether oxygens (including phenoxy) is 2. The van der Waals surface area contributed by atoms with Crippen LogP contribution in [0.4, 0.5) is 10.2 Å². The normalized spacial score (nSPS) is 18.7. The summed E-state index contributed by atoms with van der Waals surface area (Å²) in [6.45, 7) is 2.83. The van der Waals surface area contributed by atoms with Gasteiger partial charge in [-0.25, -0.2) is 9.37 Å². The van der Waals surface area contributed by atoms with Gasteiger partial charge < -0.3 is 25.0 Å². The fourth-order valence-corrected chi connectivity index (χ4v) is 4.07. The number of benzene rings is 1. The molecule has 2 N–H and O–H groups in total. The molecule has 0 spiro atoms. The predicted octanol–water partition coefficient (Wildman–Crippen LogP) is 2.73. The Morgan fingerprint density at radius 2 is 2.33 bits per heavy atom. The molecule has 7 nitrogen and oxygen atoms in total. The molecule has 2 aliphatic heterocycles. The largest absolute Gasteiger partial charge is 0.467 e. The average molecular weight is 434 g/mol. The molecular formula is C21H25ClFN5O2. The van der Waals surface area contributed by atoms with Gasteiger partial charge in [0.2, 0.25) is 0 Å². The lowest BCUT2D eigenvalue weighted by Gasteiger charge is -2.22. The van der Waals surface area contributed by atoms with Crippen molar-refractivity contribution in [2.75, 3.05) is 38.4 Å². The van der Waals surface area contributed by atoms with E-state index in [2.05, 4.69) is 25.5 Å². The van der Waals surface area contributed by atoms with Crippen LogP contribution >= 0.6 is 11.6 Å². The second-order valence-corrected chi connectivity index (χ2v) is 7.70. The molecule has 2 aromatic rings. The molecule has 160 valence electrons. The highest BCUT2D eigenvalue weighted by molar-refractivity contribution is 6.32. The van der Waals surface area contributed by atoms with Crippen LogP contribution in [-0.4, -0.2) is 50.5 Å². The molecule has 1 atom stereocenters. The molecule has 0 amide bonds. The van der Waals surface area contributed by atoms with Gasteiger partial charge in [-0.3, -0.25) is 4.99 Å². The second-order valence-electron chi connectivity index (χ2n) is 7.30. The summed E-state index contributed by atoms with van der Waals surface area (Å²) in [5.74, 6) is 1.97. The van der Waals surface area contributed by atoms with Crippen molar-refractivity contribution in [1.29, 1.82) is 0 Å². The summed E-state index contributed by atoms with van der Waals surface area (Å²) in [6, 6.07) is 6.90. The zero-order chi connectivity index (χ0) is 20.9. The molecule has 0 aliphatic carbocycles. The monoisotopic (exact) mass is 433 g/mol. The Balaban J connectivity index is 1.30. The molecule has 1 aromatic carbocycles. The van der Waals surface area contributed by atoms with E-state index in [0.29, 0.717) is 30.6 Å². The molecule has 30 heavy (non-hydrogen) atoms. The quantitative estimate of drug-likeness (QED) is 0.558. The summed E-state index contributed by atoms with van der Waals surface area (Å²) in [6.07, 6.45) is 3.32. The van der Waals surface area contributed by atoms with Crippen LogP contribution in [0, 0.1) is 5.82 Å². The van der Waals surface area contributed by atoms with Gasteiger partial charge in [0, 0.05) is 44.5 Å². The van der Waals surface area contributed by atoms with Crippen LogP contribution in [0.15, 0.2) is 35.5 Å². The minimum atomic E-state index is -0.278. The van der Waals surface area contributed by atoms with Crippen molar-refractivity contribution in [3.05, 3.63) is 52.4 Å². The smallest absolute Gasteiger partial charge is 0.191 e. The van der Waals surface area contributed by atoms with E-state index in [1.165, 1.54) is 12.1 Å². The number of aromatic nitrogens is 1. The number of nitrogens with zero attached hydrogens (tertiary/aromatic N) is 3. The molecule has 0 radical (unpaired) electrons. The highest BCUT2D eigenvalue weighted by Gasteiger charge is 2.25. The van der Waals surface area contributed by atoms with Crippen molar-refractivity contribution in [2.45, 2.75) is 25.5 Å². The number of fused-ring (bicyclic) bond motifs is 1. The van der Waals surface area contributed by atoms with Crippen molar-refractivity contribution >= 4 is 23.4 Å². The fraction of sp³-hybridized carbons (Fsp3) is 0.429. The number of hydrogen-bond acceptors (Lipinski definition) is 5. The lowest BCUT2D eigenvalue weighted by atomic mass is 10.1. The zero-order valence-electron chi connectivity index (χ0n) is 16.8. The maximum Gasteiger partial charge on any atom is 0.191 e. The van der Waals surface area contributed by atoms with Crippen molar-refractivity contribution in [1.82, 2.24) is 15.6 Å². The van der Waals surface area contributed by atoms with Gasteiger partial charge in [-0.05, 0) is 42.7 Å². The SMILES string of the molecule is CN=C(NCCc1cc(F)cc2c1OCOC2)NC1CCN(c2ncccc2Cl)C1. The third-order valence-corrected chi connectivity index (χ3v) is 5.52. The molecule has 1 fully saturated rings. The van der Waals surface area contributed by atoms with Crippen LogP contribution in [0.5, 0.6) is 5.75 Å². The number of nitrogens with one attached hydrogen (secondary N) is 2. The van der Waals surface area contributed by atoms with E-state index in [1.807, 2.05) is 12.1 Å². The summed E-state index contributed by atoms with van der Waals surface area (Å²) >= 11 is 6.27. The molecule has 0 bridgehead atoms. The molecule has 9 heteroatoms. The van der Waals surface area contributed by atoms with Crippen molar-refractivity contribution in [2.24, 2.45) is 4.99 Å². The van der Waals surface area contributed by atoms with Gasteiger partial charge in [-0.2, -0.15) is 0 Å². The van der Waals surface area contributed by atoms with E-state index in [4.69, 9.17) is 21.1 Å². The van der Waals surface area contributed by atoms with Crippen LogP contribution in [0.2, 0.25) is 5.02 Å². The summed E-state index contributed by atoms with van der Waals surface area (Å²) in [5.41, 5.74) is 1.58. The molecule has 1 unspecified atom stereocenters. The molecule has 0 saturated carbocycles. The Morgan fingerprint density at radius 1 is 1.43 bits per heavy atom. The third-order valence-electron chi connectivity index (χ3n) is 5.23. The highest BCUT2D eigenvalue weighted by atomic mass is 35.5. The van der Waals surface area contributed by atoms with Gasteiger partial charge in [0.05, 0.1) is 11.6 Å². The van der Waals surface area contributed by atoms with E-state index in [-0.39, 0.29) is 18.7 Å². The Bertz CT molecular complexity index is 926. The number of anilines is 1. The van der Waals surface area contributed by atoms with Crippen LogP contribution in [0.25, 0.3) is 0 Å². The van der Waals surface area contributed by atoms with Crippen molar-refractivity contribution in [3.63, 3.8) is 0 Å². The van der Waals surface area contributed by atoms with Crippen LogP contribution in [0.3, 0.4) is 0 Å². The third kappa shape index (κ3) is 4.76. The van der Waals surface area contributed by atoms with Gasteiger partial charge >= 0.3 is 0 Å². The van der Waals surface area contributed by atoms with Gasteiger partial charge in [0.15, 0.2) is 12.8 Å². The lowest BCUT2D eigenvalue weighted by molar-refractivity contribution is -0.0172. The minimum absolute atomic E-state index is 0.195. The Labute approximate surface area is 180 Å².